The first kappa shape index (κ1) is 17.5. The maximum atomic E-state index is 12.3. The summed E-state index contributed by atoms with van der Waals surface area (Å²) < 4.78 is 30.3. The molecule has 9 heteroatoms. The lowest BCUT2D eigenvalue weighted by molar-refractivity contribution is -0.143. The zero-order valence-corrected chi connectivity index (χ0v) is 13.4. The standard InChI is InChI=1S/C12H17N3O4S2/c1-3-19-11(16)6-7-15(2)21(17,18)9-4-5-10(12(13)20)14-8-9/h4-5,8H,3,6-7H2,1-2H3,(H2,13,20). The SMILES string of the molecule is CCOC(=O)CCN(C)S(=O)(=O)c1ccc(C(N)=S)nc1. The summed E-state index contributed by atoms with van der Waals surface area (Å²) in [6.45, 7) is 1.98. The summed E-state index contributed by atoms with van der Waals surface area (Å²) in [5.74, 6) is -0.443. The predicted molar refractivity (Wildman–Crippen MR) is 81.2 cm³/mol. The van der Waals surface area contributed by atoms with Crippen molar-refractivity contribution in [2.75, 3.05) is 20.2 Å². The summed E-state index contributed by atoms with van der Waals surface area (Å²) in [6.07, 6.45) is 1.17. The van der Waals surface area contributed by atoms with E-state index in [2.05, 4.69) is 4.98 Å². The smallest absolute Gasteiger partial charge is 0.307 e. The Bertz CT molecular complexity index is 614. The number of nitrogens with two attached hydrogens (primary N) is 1. The van der Waals surface area contributed by atoms with E-state index in [1.165, 1.54) is 25.4 Å². The molecule has 0 saturated heterocycles. The molecule has 0 radical (unpaired) electrons. The summed E-state index contributed by atoms with van der Waals surface area (Å²) in [4.78, 5) is 15.2. The molecule has 0 aliphatic carbocycles. The molecule has 2 N–H and O–H groups in total. The third-order valence-electron chi connectivity index (χ3n) is 2.63. The van der Waals surface area contributed by atoms with Crippen molar-refractivity contribution >= 4 is 33.2 Å². The highest BCUT2D eigenvalue weighted by atomic mass is 32.2. The van der Waals surface area contributed by atoms with Gasteiger partial charge in [0.1, 0.15) is 9.88 Å². The van der Waals surface area contributed by atoms with Crippen LogP contribution in [-0.4, -0.2) is 48.9 Å². The molecule has 0 fully saturated rings. The van der Waals surface area contributed by atoms with E-state index in [1.54, 1.807) is 6.92 Å². The monoisotopic (exact) mass is 331 g/mol. The fourth-order valence-corrected chi connectivity index (χ4v) is 2.70. The van der Waals surface area contributed by atoms with E-state index in [9.17, 15) is 13.2 Å². The van der Waals surface area contributed by atoms with E-state index in [4.69, 9.17) is 22.7 Å². The van der Waals surface area contributed by atoms with Crippen LogP contribution in [0.2, 0.25) is 0 Å². The summed E-state index contributed by atoms with van der Waals surface area (Å²) >= 11 is 4.75. The first-order valence-corrected chi connectivity index (χ1v) is 8.01. The van der Waals surface area contributed by atoms with Crippen LogP contribution in [0.4, 0.5) is 0 Å². The Morgan fingerprint density at radius 2 is 2.14 bits per heavy atom. The quantitative estimate of drug-likeness (QED) is 0.566. The fraction of sp³-hybridized carbons (Fsp3) is 0.417. The second-order valence-corrected chi connectivity index (χ2v) is 6.61. The van der Waals surface area contributed by atoms with Crippen LogP contribution in [0.25, 0.3) is 0 Å². The van der Waals surface area contributed by atoms with E-state index < -0.39 is 16.0 Å². The maximum absolute atomic E-state index is 12.3. The average molecular weight is 331 g/mol. The van der Waals surface area contributed by atoms with Gasteiger partial charge in [-0.05, 0) is 19.1 Å². The number of sulfonamides is 1. The Hall–Kier alpha value is -1.58. The Morgan fingerprint density at radius 3 is 2.62 bits per heavy atom. The van der Waals surface area contributed by atoms with Crippen molar-refractivity contribution in [2.45, 2.75) is 18.2 Å². The average Bonchev–Trinajstić information content (AvgIpc) is 2.45. The van der Waals surface area contributed by atoms with Crippen LogP contribution in [-0.2, 0) is 19.6 Å². The molecule has 116 valence electrons. The molecule has 1 heterocycles. The largest absolute Gasteiger partial charge is 0.466 e. The van der Waals surface area contributed by atoms with Gasteiger partial charge in [-0.15, -0.1) is 0 Å². The number of ether oxygens (including phenoxy) is 1. The minimum atomic E-state index is -3.71. The molecule has 0 atom stereocenters. The molecular formula is C12H17N3O4S2. The summed E-state index contributed by atoms with van der Waals surface area (Å²) in [7, 11) is -2.33. The van der Waals surface area contributed by atoms with Gasteiger partial charge in [-0.3, -0.25) is 9.78 Å². The van der Waals surface area contributed by atoms with Gasteiger partial charge in [-0.1, -0.05) is 12.2 Å². The van der Waals surface area contributed by atoms with Crippen molar-refractivity contribution in [1.29, 1.82) is 0 Å². The zero-order chi connectivity index (χ0) is 16.0. The van der Waals surface area contributed by atoms with Gasteiger partial charge >= 0.3 is 5.97 Å². The molecule has 7 nitrogen and oxygen atoms in total. The Balaban J connectivity index is 2.79. The van der Waals surface area contributed by atoms with Crippen molar-refractivity contribution < 1.29 is 17.9 Å². The number of carbonyl (C=O) groups is 1. The van der Waals surface area contributed by atoms with Crippen molar-refractivity contribution in [3.8, 4) is 0 Å². The third-order valence-corrected chi connectivity index (χ3v) is 4.68. The van der Waals surface area contributed by atoms with Gasteiger partial charge in [0.15, 0.2) is 0 Å². The highest BCUT2D eigenvalue weighted by molar-refractivity contribution is 7.89. The van der Waals surface area contributed by atoms with Crippen molar-refractivity contribution in [3.05, 3.63) is 24.0 Å². The van der Waals surface area contributed by atoms with Crippen LogP contribution in [0, 0.1) is 0 Å². The molecule has 0 aromatic carbocycles. The molecule has 0 saturated carbocycles. The summed E-state index contributed by atoms with van der Waals surface area (Å²) in [6, 6.07) is 2.81. The van der Waals surface area contributed by atoms with Gasteiger partial charge < -0.3 is 10.5 Å². The van der Waals surface area contributed by atoms with Gasteiger partial charge in [-0.25, -0.2) is 12.7 Å². The van der Waals surface area contributed by atoms with E-state index in [0.29, 0.717) is 5.69 Å². The lowest BCUT2D eigenvalue weighted by Gasteiger charge is -2.16. The number of hydrogen-bond acceptors (Lipinski definition) is 6. The number of carbonyl (C=O) groups excluding carboxylic acids is 1. The lowest BCUT2D eigenvalue weighted by Crippen LogP contribution is -2.29. The van der Waals surface area contributed by atoms with Gasteiger partial charge in [0.2, 0.25) is 10.0 Å². The molecule has 0 aliphatic rings. The molecule has 0 amide bonds. The Kier molecular flexibility index (Phi) is 6.19. The van der Waals surface area contributed by atoms with E-state index in [0.717, 1.165) is 4.31 Å². The number of esters is 1. The number of aromatic nitrogens is 1. The molecule has 1 aromatic heterocycles. The lowest BCUT2D eigenvalue weighted by atomic mass is 10.3. The van der Waals surface area contributed by atoms with E-state index in [-0.39, 0.29) is 29.5 Å². The Labute approximate surface area is 129 Å². The molecule has 1 rings (SSSR count). The van der Waals surface area contributed by atoms with Crippen molar-refractivity contribution in [3.63, 3.8) is 0 Å². The van der Waals surface area contributed by atoms with E-state index >= 15 is 0 Å². The van der Waals surface area contributed by atoms with Crippen molar-refractivity contribution in [2.24, 2.45) is 5.73 Å². The topological polar surface area (TPSA) is 103 Å². The zero-order valence-electron chi connectivity index (χ0n) is 11.8. The number of hydrogen-bond donors (Lipinski definition) is 1. The highest BCUT2D eigenvalue weighted by Gasteiger charge is 2.22. The minimum Gasteiger partial charge on any atom is -0.466 e. The van der Waals surface area contributed by atoms with Crippen LogP contribution in [0.1, 0.15) is 19.0 Å². The van der Waals surface area contributed by atoms with Crippen LogP contribution in [0.3, 0.4) is 0 Å². The number of pyridine rings is 1. The van der Waals surface area contributed by atoms with Gasteiger partial charge in [-0.2, -0.15) is 0 Å². The van der Waals surface area contributed by atoms with Crippen LogP contribution in [0.15, 0.2) is 23.2 Å². The molecule has 21 heavy (non-hydrogen) atoms. The third kappa shape index (κ3) is 4.73. The fourth-order valence-electron chi connectivity index (χ4n) is 1.46. The van der Waals surface area contributed by atoms with Crippen LogP contribution >= 0.6 is 12.2 Å². The minimum absolute atomic E-state index is 0.00820. The van der Waals surface area contributed by atoms with Crippen molar-refractivity contribution in [1.82, 2.24) is 9.29 Å². The molecule has 0 spiro atoms. The molecule has 0 unspecified atom stereocenters. The molecule has 0 bridgehead atoms. The van der Waals surface area contributed by atoms with Crippen LogP contribution in [0.5, 0.6) is 0 Å². The normalized spacial score (nSPS) is 11.4. The molecule has 0 aliphatic heterocycles. The predicted octanol–water partition coefficient (Wildman–Crippen LogP) is 0.289. The first-order valence-electron chi connectivity index (χ1n) is 6.17. The molecular weight excluding hydrogens is 314 g/mol. The molecule has 1 aromatic rings. The maximum Gasteiger partial charge on any atom is 0.307 e. The Morgan fingerprint density at radius 1 is 1.48 bits per heavy atom. The number of nitrogens with zero attached hydrogens (tertiary/aromatic N) is 2. The number of rotatable bonds is 7. The van der Waals surface area contributed by atoms with E-state index in [1.807, 2.05) is 0 Å². The van der Waals surface area contributed by atoms with Gasteiger partial charge in [0.05, 0.1) is 18.7 Å². The second kappa shape index (κ2) is 7.43. The first-order chi connectivity index (χ1) is 9.78. The van der Waals surface area contributed by atoms with Crippen LogP contribution < -0.4 is 5.73 Å². The summed E-state index contributed by atoms with van der Waals surface area (Å²) in [5, 5.41) is 0. The van der Waals surface area contributed by atoms with Gasteiger partial charge in [0, 0.05) is 19.8 Å². The second-order valence-electron chi connectivity index (χ2n) is 4.12. The summed E-state index contributed by atoms with van der Waals surface area (Å²) in [5.41, 5.74) is 5.75. The number of thiocarbonyl (C=S) groups is 1. The van der Waals surface area contributed by atoms with Gasteiger partial charge in [0.25, 0.3) is 0 Å². The highest BCUT2D eigenvalue weighted by Crippen LogP contribution is 2.14.